The SMILES string of the molecule is C=CC[Si](OCC)OCC. The van der Waals surface area contributed by atoms with Gasteiger partial charge in [-0.05, 0) is 13.8 Å². The van der Waals surface area contributed by atoms with E-state index in [0.29, 0.717) is 0 Å². The van der Waals surface area contributed by atoms with Gasteiger partial charge in [0.2, 0.25) is 0 Å². The van der Waals surface area contributed by atoms with Crippen LogP contribution in [0.25, 0.3) is 0 Å². The minimum atomic E-state index is -1.02. The van der Waals surface area contributed by atoms with Gasteiger partial charge in [-0.2, -0.15) is 0 Å². The molecule has 3 heteroatoms. The Kier molecular flexibility index (Phi) is 6.90. The molecule has 2 nitrogen and oxygen atoms in total. The third-order valence-electron chi connectivity index (χ3n) is 0.922. The monoisotopic (exact) mass is 159 g/mol. The predicted molar refractivity (Wildman–Crippen MR) is 44.0 cm³/mol. The lowest BCUT2D eigenvalue weighted by atomic mass is 10.8. The standard InChI is InChI=1S/C7H15O2Si/c1-4-7-10(8-5-2)9-6-3/h4H,1,5-7H2,2-3H3. The van der Waals surface area contributed by atoms with E-state index in [2.05, 4.69) is 6.58 Å². The van der Waals surface area contributed by atoms with Crippen LogP contribution < -0.4 is 0 Å². The first-order valence-corrected chi connectivity index (χ1v) is 5.09. The summed E-state index contributed by atoms with van der Waals surface area (Å²) in [5.74, 6) is 0. The summed E-state index contributed by atoms with van der Waals surface area (Å²) in [7, 11) is -1.02. The van der Waals surface area contributed by atoms with Crippen LogP contribution in [0, 0.1) is 0 Å². The highest BCUT2D eigenvalue weighted by Gasteiger charge is 2.10. The molecule has 0 aliphatic rings. The first kappa shape index (κ1) is 9.88. The van der Waals surface area contributed by atoms with Gasteiger partial charge < -0.3 is 8.85 Å². The Hall–Kier alpha value is -0.123. The number of allylic oxidation sites excluding steroid dienone is 1. The maximum atomic E-state index is 5.33. The van der Waals surface area contributed by atoms with E-state index >= 15 is 0 Å². The Morgan fingerprint density at radius 2 is 1.80 bits per heavy atom. The Morgan fingerprint density at radius 1 is 1.30 bits per heavy atom. The van der Waals surface area contributed by atoms with Crippen LogP contribution in [0.5, 0.6) is 0 Å². The Labute approximate surface area is 64.7 Å². The lowest BCUT2D eigenvalue weighted by Gasteiger charge is -2.09. The van der Waals surface area contributed by atoms with E-state index in [0.717, 1.165) is 19.3 Å². The van der Waals surface area contributed by atoms with Crippen LogP contribution in [0.4, 0.5) is 0 Å². The summed E-state index contributed by atoms with van der Waals surface area (Å²) in [5, 5.41) is 0. The highest BCUT2D eigenvalue weighted by Crippen LogP contribution is 1.96. The van der Waals surface area contributed by atoms with Crippen molar-refractivity contribution >= 4 is 9.28 Å². The van der Waals surface area contributed by atoms with Gasteiger partial charge in [-0.25, -0.2) is 0 Å². The third-order valence-corrected chi connectivity index (χ3v) is 2.76. The van der Waals surface area contributed by atoms with E-state index in [4.69, 9.17) is 8.85 Å². The molecule has 1 radical (unpaired) electrons. The summed E-state index contributed by atoms with van der Waals surface area (Å²) < 4.78 is 10.7. The molecule has 0 heterocycles. The van der Waals surface area contributed by atoms with Crippen LogP contribution in [0.1, 0.15) is 13.8 Å². The van der Waals surface area contributed by atoms with Crippen molar-refractivity contribution in [3.63, 3.8) is 0 Å². The Morgan fingerprint density at radius 3 is 2.10 bits per heavy atom. The molecular weight excluding hydrogens is 144 g/mol. The van der Waals surface area contributed by atoms with Crippen LogP contribution in [0.15, 0.2) is 12.7 Å². The number of rotatable bonds is 6. The maximum absolute atomic E-state index is 5.33. The second-order valence-electron chi connectivity index (χ2n) is 1.73. The van der Waals surface area contributed by atoms with E-state index in [1.807, 2.05) is 19.9 Å². The van der Waals surface area contributed by atoms with E-state index in [1.54, 1.807) is 0 Å². The first-order chi connectivity index (χ1) is 4.85. The van der Waals surface area contributed by atoms with Crippen LogP contribution in [-0.2, 0) is 8.85 Å². The highest BCUT2D eigenvalue weighted by molar-refractivity contribution is 6.44. The first-order valence-electron chi connectivity index (χ1n) is 3.57. The molecule has 0 aliphatic heterocycles. The predicted octanol–water partition coefficient (Wildman–Crippen LogP) is 1.73. The molecule has 0 bridgehead atoms. The fourth-order valence-electron chi connectivity index (χ4n) is 0.599. The molecule has 0 aromatic heterocycles. The summed E-state index contributed by atoms with van der Waals surface area (Å²) in [6.45, 7) is 9.06. The van der Waals surface area contributed by atoms with Crippen LogP contribution in [0.3, 0.4) is 0 Å². The van der Waals surface area contributed by atoms with Crippen LogP contribution >= 0.6 is 0 Å². The molecule has 0 aromatic rings. The van der Waals surface area contributed by atoms with Crippen LogP contribution in [0.2, 0.25) is 6.04 Å². The largest absolute Gasteiger partial charge is 0.393 e. The molecule has 0 saturated carbocycles. The van der Waals surface area contributed by atoms with Crippen molar-refractivity contribution in [2.75, 3.05) is 13.2 Å². The molecule has 0 aliphatic carbocycles. The molecule has 0 rings (SSSR count). The summed E-state index contributed by atoms with van der Waals surface area (Å²) in [5.41, 5.74) is 0. The van der Waals surface area contributed by atoms with Crippen molar-refractivity contribution < 1.29 is 8.85 Å². The quantitative estimate of drug-likeness (QED) is 0.434. The van der Waals surface area contributed by atoms with E-state index in [9.17, 15) is 0 Å². The Balaban J connectivity index is 3.38. The van der Waals surface area contributed by atoms with Crippen molar-refractivity contribution in [2.24, 2.45) is 0 Å². The van der Waals surface area contributed by atoms with Gasteiger partial charge in [-0.3, -0.25) is 0 Å². The minimum Gasteiger partial charge on any atom is -0.393 e. The average molecular weight is 159 g/mol. The van der Waals surface area contributed by atoms with Gasteiger partial charge in [0.05, 0.1) is 0 Å². The number of hydrogen-bond donors (Lipinski definition) is 0. The van der Waals surface area contributed by atoms with Crippen molar-refractivity contribution in [1.82, 2.24) is 0 Å². The zero-order valence-corrected chi connectivity index (χ0v) is 7.72. The highest BCUT2D eigenvalue weighted by atomic mass is 28.3. The van der Waals surface area contributed by atoms with E-state index in [-0.39, 0.29) is 0 Å². The molecular formula is C7H15O2Si. The van der Waals surface area contributed by atoms with Crippen molar-refractivity contribution in [2.45, 2.75) is 19.9 Å². The summed E-state index contributed by atoms with van der Waals surface area (Å²) in [6.07, 6.45) is 1.85. The van der Waals surface area contributed by atoms with Gasteiger partial charge in [-0.15, -0.1) is 6.58 Å². The average Bonchev–Trinajstić information content (AvgIpc) is 1.90. The zero-order chi connectivity index (χ0) is 7.82. The fraction of sp³-hybridized carbons (Fsp3) is 0.714. The number of hydrogen-bond acceptors (Lipinski definition) is 2. The molecule has 0 amide bonds. The minimum absolute atomic E-state index is 0.738. The van der Waals surface area contributed by atoms with Gasteiger partial charge in [0.25, 0.3) is 0 Å². The summed E-state index contributed by atoms with van der Waals surface area (Å²) >= 11 is 0. The van der Waals surface area contributed by atoms with Gasteiger partial charge >= 0.3 is 9.28 Å². The lowest BCUT2D eigenvalue weighted by Crippen LogP contribution is -2.21. The zero-order valence-electron chi connectivity index (χ0n) is 6.72. The van der Waals surface area contributed by atoms with Crippen molar-refractivity contribution in [3.05, 3.63) is 12.7 Å². The summed E-state index contributed by atoms with van der Waals surface area (Å²) in [6, 6.07) is 0.867. The van der Waals surface area contributed by atoms with Gasteiger partial charge in [0.15, 0.2) is 0 Å². The normalized spacial score (nSPS) is 10.3. The molecule has 0 fully saturated rings. The van der Waals surface area contributed by atoms with Gasteiger partial charge in [0, 0.05) is 19.3 Å². The third kappa shape index (κ3) is 4.73. The molecule has 0 saturated heterocycles. The molecule has 0 unspecified atom stereocenters. The second-order valence-corrected chi connectivity index (χ2v) is 3.46. The van der Waals surface area contributed by atoms with Crippen molar-refractivity contribution in [1.29, 1.82) is 0 Å². The van der Waals surface area contributed by atoms with E-state index < -0.39 is 9.28 Å². The molecule has 0 atom stereocenters. The Bertz CT molecular complexity index is 79.7. The van der Waals surface area contributed by atoms with Gasteiger partial charge in [0.1, 0.15) is 0 Å². The molecule has 0 spiro atoms. The van der Waals surface area contributed by atoms with E-state index in [1.165, 1.54) is 0 Å². The lowest BCUT2D eigenvalue weighted by molar-refractivity contribution is 0.216. The topological polar surface area (TPSA) is 18.5 Å². The molecule has 59 valence electrons. The maximum Gasteiger partial charge on any atom is 0.388 e. The fourth-order valence-corrected chi connectivity index (χ4v) is 1.80. The van der Waals surface area contributed by atoms with Crippen LogP contribution in [-0.4, -0.2) is 22.5 Å². The molecule has 0 N–H and O–H groups in total. The smallest absolute Gasteiger partial charge is 0.388 e. The van der Waals surface area contributed by atoms with Crippen molar-refractivity contribution in [3.8, 4) is 0 Å². The van der Waals surface area contributed by atoms with Gasteiger partial charge in [-0.1, -0.05) is 6.08 Å². The summed E-state index contributed by atoms with van der Waals surface area (Å²) in [4.78, 5) is 0. The molecule has 0 aromatic carbocycles. The molecule has 10 heavy (non-hydrogen) atoms. The second kappa shape index (κ2) is 6.99.